The zero-order valence-corrected chi connectivity index (χ0v) is 16.8. The van der Waals surface area contributed by atoms with Gasteiger partial charge in [0.1, 0.15) is 11.5 Å². The Bertz CT molecular complexity index is 1070. The molecule has 0 saturated carbocycles. The fourth-order valence-corrected chi connectivity index (χ4v) is 3.69. The van der Waals surface area contributed by atoms with Gasteiger partial charge in [0.05, 0.1) is 17.4 Å². The number of carbonyl (C=O) groups is 2. The number of anilines is 1. The largest absolute Gasteiger partial charge is 0.348 e. The van der Waals surface area contributed by atoms with E-state index in [1.165, 1.54) is 12.1 Å². The predicted octanol–water partition coefficient (Wildman–Crippen LogP) is 3.66. The van der Waals surface area contributed by atoms with Crippen LogP contribution >= 0.6 is 0 Å². The zero-order chi connectivity index (χ0) is 21.1. The van der Waals surface area contributed by atoms with Gasteiger partial charge in [0, 0.05) is 38.3 Å². The molecule has 0 bridgehead atoms. The summed E-state index contributed by atoms with van der Waals surface area (Å²) >= 11 is 0. The van der Waals surface area contributed by atoms with E-state index < -0.39 is 0 Å². The summed E-state index contributed by atoms with van der Waals surface area (Å²) in [5.41, 5.74) is 2.48. The van der Waals surface area contributed by atoms with E-state index >= 15 is 0 Å². The van der Waals surface area contributed by atoms with Gasteiger partial charge in [0.2, 0.25) is 0 Å². The average molecular weight is 409 g/mol. The number of rotatable bonds is 4. The van der Waals surface area contributed by atoms with Crippen molar-refractivity contribution in [3.05, 3.63) is 59.7 Å². The predicted molar refractivity (Wildman–Crippen MR) is 113 cm³/mol. The van der Waals surface area contributed by atoms with Gasteiger partial charge in [-0.2, -0.15) is 0 Å². The second-order valence-corrected chi connectivity index (χ2v) is 7.54. The number of carbonyl (C=O) groups excluding carboxylic acids is 2. The molecule has 1 aliphatic heterocycles. The van der Waals surface area contributed by atoms with Gasteiger partial charge in [-0.25, -0.2) is 14.2 Å². The lowest BCUT2D eigenvalue weighted by atomic mass is 10.1. The van der Waals surface area contributed by atoms with E-state index in [9.17, 15) is 14.0 Å². The standard InChI is InChI=1S/C22H24FN5O2/c1-27-14-19(21(29)25-12-15-5-7-16(23)8-6-15)18-11-17(13-24-20(18)27)26-22(30)28-9-3-2-4-10-28/h5-8,11,13-14H,2-4,9-10,12H2,1H3,(H,25,29)(H,26,30). The van der Waals surface area contributed by atoms with Crippen molar-refractivity contribution in [2.75, 3.05) is 18.4 Å². The van der Waals surface area contributed by atoms with Crippen LogP contribution in [-0.2, 0) is 13.6 Å². The van der Waals surface area contributed by atoms with Crippen molar-refractivity contribution in [1.29, 1.82) is 0 Å². The Morgan fingerprint density at radius 1 is 1.13 bits per heavy atom. The highest BCUT2D eigenvalue weighted by atomic mass is 19.1. The number of likely N-dealkylation sites (tertiary alicyclic amines) is 1. The number of aryl methyl sites for hydroxylation is 1. The van der Waals surface area contributed by atoms with Gasteiger partial charge >= 0.3 is 6.03 Å². The van der Waals surface area contributed by atoms with Gasteiger partial charge in [0.15, 0.2) is 0 Å². The molecule has 0 unspecified atom stereocenters. The van der Waals surface area contributed by atoms with E-state index in [0.29, 0.717) is 22.3 Å². The van der Waals surface area contributed by atoms with Crippen molar-refractivity contribution in [1.82, 2.24) is 19.8 Å². The first-order chi connectivity index (χ1) is 14.5. The number of fused-ring (bicyclic) bond motifs is 1. The molecule has 3 aromatic rings. The third-order valence-electron chi connectivity index (χ3n) is 5.32. The van der Waals surface area contributed by atoms with Crippen molar-refractivity contribution in [2.24, 2.45) is 7.05 Å². The maximum atomic E-state index is 13.0. The van der Waals surface area contributed by atoms with Crippen LogP contribution in [0.3, 0.4) is 0 Å². The molecule has 1 saturated heterocycles. The number of halogens is 1. The molecule has 2 aromatic heterocycles. The highest BCUT2D eigenvalue weighted by Gasteiger charge is 2.19. The number of nitrogens with zero attached hydrogens (tertiary/aromatic N) is 3. The molecule has 30 heavy (non-hydrogen) atoms. The molecule has 0 radical (unpaired) electrons. The molecule has 156 valence electrons. The minimum atomic E-state index is -0.315. The van der Waals surface area contributed by atoms with Crippen molar-refractivity contribution < 1.29 is 14.0 Å². The summed E-state index contributed by atoms with van der Waals surface area (Å²) in [6, 6.07) is 7.62. The van der Waals surface area contributed by atoms with Crippen LogP contribution in [0.5, 0.6) is 0 Å². The van der Waals surface area contributed by atoms with Crippen molar-refractivity contribution in [2.45, 2.75) is 25.8 Å². The van der Waals surface area contributed by atoms with Crippen molar-refractivity contribution >= 4 is 28.7 Å². The fraction of sp³-hybridized carbons (Fsp3) is 0.318. The van der Waals surface area contributed by atoms with Crippen LogP contribution in [0.2, 0.25) is 0 Å². The number of amides is 3. The maximum absolute atomic E-state index is 13.0. The average Bonchev–Trinajstić information content (AvgIpc) is 3.09. The Morgan fingerprint density at radius 2 is 1.87 bits per heavy atom. The van der Waals surface area contributed by atoms with Gasteiger partial charge in [-0.15, -0.1) is 0 Å². The molecule has 0 aliphatic carbocycles. The third-order valence-corrected chi connectivity index (χ3v) is 5.32. The number of benzene rings is 1. The van der Waals surface area contributed by atoms with E-state index in [1.54, 1.807) is 40.1 Å². The normalized spacial score (nSPS) is 14.0. The quantitative estimate of drug-likeness (QED) is 0.690. The molecule has 1 fully saturated rings. The van der Waals surface area contributed by atoms with Gasteiger partial charge in [-0.1, -0.05) is 12.1 Å². The molecule has 7 nitrogen and oxygen atoms in total. The summed E-state index contributed by atoms with van der Waals surface area (Å²) in [4.78, 5) is 31.5. The lowest BCUT2D eigenvalue weighted by molar-refractivity contribution is 0.0952. The van der Waals surface area contributed by atoms with Gasteiger partial charge < -0.3 is 20.1 Å². The number of pyridine rings is 1. The second kappa shape index (κ2) is 8.52. The highest BCUT2D eigenvalue weighted by Crippen LogP contribution is 2.23. The van der Waals surface area contributed by atoms with E-state index in [2.05, 4.69) is 15.6 Å². The van der Waals surface area contributed by atoms with Crippen molar-refractivity contribution in [3.63, 3.8) is 0 Å². The molecule has 4 rings (SSSR count). The van der Waals surface area contributed by atoms with Crippen LogP contribution in [0.15, 0.2) is 42.7 Å². The SMILES string of the molecule is Cn1cc(C(=O)NCc2ccc(F)cc2)c2cc(NC(=O)N3CCCCC3)cnc21. The van der Waals surface area contributed by atoms with E-state index in [-0.39, 0.29) is 24.3 Å². The van der Waals surface area contributed by atoms with Crippen LogP contribution in [0.1, 0.15) is 35.2 Å². The number of nitrogens with one attached hydrogen (secondary N) is 2. The highest BCUT2D eigenvalue weighted by molar-refractivity contribution is 6.07. The summed E-state index contributed by atoms with van der Waals surface area (Å²) in [6.07, 6.45) is 6.50. The lowest BCUT2D eigenvalue weighted by Crippen LogP contribution is -2.38. The van der Waals surface area contributed by atoms with Gasteiger partial charge in [-0.3, -0.25) is 4.79 Å². The van der Waals surface area contributed by atoms with E-state index in [0.717, 1.165) is 37.9 Å². The molecule has 0 atom stereocenters. The molecular formula is C22H24FN5O2. The number of piperidine rings is 1. The number of urea groups is 1. The molecule has 1 aromatic carbocycles. The number of aromatic nitrogens is 2. The third kappa shape index (κ3) is 4.27. The molecule has 8 heteroatoms. The Kier molecular flexibility index (Phi) is 5.65. The Morgan fingerprint density at radius 3 is 2.60 bits per heavy atom. The van der Waals surface area contributed by atoms with Crippen LogP contribution in [0.4, 0.5) is 14.9 Å². The van der Waals surface area contributed by atoms with E-state index in [1.807, 2.05) is 7.05 Å². The number of hydrogen-bond donors (Lipinski definition) is 2. The summed E-state index contributed by atoms with van der Waals surface area (Å²) in [5.74, 6) is -0.574. The first kappa shape index (κ1) is 19.9. The molecule has 3 amide bonds. The van der Waals surface area contributed by atoms with Gasteiger partial charge in [0.25, 0.3) is 5.91 Å². The molecule has 2 N–H and O–H groups in total. The molecule has 1 aliphatic rings. The summed E-state index contributed by atoms with van der Waals surface area (Å²) in [6.45, 7) is 1.79. The lowest BCUT2D eigenvalue weighted by Gasteiger charge is -2.26. The van der Waals surface area contributed by atoms with Crippen LogP contribution in [0, 0.1) is 5.82 Å². The topological polar surface area (TPSA) is 79.3 Å². The summed E-state index contributed by atoms with van der Waals surface area (Å²) in [7, 11) is 1.82. The van der Waals surface area contributed by atoms with Gasteiger partial charge in [-0.05, 0) is 43.0 Å². The van der Waals surface area contributed by atoms with Crippen molar-refractivity contribution in [3.8, 4) is 0 Å². The van der Waals surface area contributed by atoms with Crippen LogP contribution in [-0.4, -0.2) is 39.5 Å². The minimum absolute atomic E-state index is 0.144. The minimum Gasteiger partial charge on any atom is -0.348 e. The molecular weight excluding hydrogens is 385 g/mol. The maximum Gasteiger partial charge on any atom is 0.321 e. The fourth-order valence-electron chi connectivity index (χ4n) is 3.69. The Balaban J connectivity index is 1.51. The Hall–Kier alpha value is -3.42. The molecule has 3 heterocycles. The smallest absolute Gasteiger partial charge is 0.321 e. The van der Waals surface area contributed by atoms with E-state index in [4.69, 9.17) is 0 Å². The summed E-state index contributed by atoms with van der Waals surface area (Å²) in [5, 5.41) is 6.40. The zero-order valence-electron chi connectivity index (χ0n) is 16.8. The monoisotopic (exact) mass is 409 g/mol. The first-order valence-corrected chi connectivity index (χ1v) is 10.0. The Labute approximate surface area is 173 Å². The summed E-state index contributed by atoms with van der Waals surface area (Å²) < 4.78 is 14.8. The number of hydrogen-bond acceptors (Lipinski definition) is 3. The molecule has 0 spiro atoms. The first-order valence-electron chi connectivity index (χ1n) is 10.0. The second-order valence-electron chi connectivity index (χ2n) is 7.54. The van der Waals surface area contributed by atoms with Crippen LogP contribution < -0.4 is 10.6 Å². The van der Waals surface area contributed by atoms with Crippen LogP contribution in [0.25, 0.3) is 11.0 Å².